The van der Waals surface area contributed by atoms with Gasteiger partial charge in [-0.15, -0.1) is 5.10 Å². The van der Waals surface area contributed by atoms with E-state index < -0.39 is 0 Å². The van der Waals surface area contributed by atoms with Crippen molar-refractivity contribution in [1.82, 2.24) is 25.1 Å². The second-order valence-corrected chi connectivity index (χ2v) is 3.94. The molecule has 86 valence electrons. The molecule has 0 atom stereocenters. The zero-order valence-corrected chi connectivity index (χ0v) is 9.56. The summed E-state index contributed by atoms with van der Waals surface area (Å²) in [6.07, 6.45) is 4.39. The first-order chi connectivity index (χ1) is 7.77. The summed E-state index contributed by atoms with van der Waals surface area (Å²) in [5, 5.41) is 11.2. The largest absolute Gasteiger partial charge is 0.367 e. The summed E-state index contributed by atoms with van der Waals surface area (Å²) < 4.78 is 0. The van der Waals surface area contributed by atoms with Gasteiger partial charge in [0.05, 0.1) is 18.0 Å². The van der Waals surface area contributed by atoms with Gasteiger partial charge in [0.1, 0.15) is 5.52 Å². The fourth-order valence-electron chi connectivity index (χ4n) is 1.50. The number of fused-ring (bicyclic) bond motifs is 1. The number of hydrogen-bond acceptors (Lipinski definition) is 5. The maximum Gasteiger partial charge on any atom is 0.176 e. The van der Waals surface area contributed by atoms with E-state index in [1.165, 1.54) is 0 Å². The van der Waals surface area contributed by atoms with Gasteiger partial charge < -0.3 is 15.2 Å². The summed E-state index contributed by atoms with van der Waals surface area (Å²) in [4.78, 5) is 9.36. The van der Waals surface area contributed by atoms with Crippen molar-refractivity contribution in [2.75, 3.05) is 32.5 Å². The molecule has 0 fully saturated rings. The fraction of sp³-hybridized carbons (Fsp3) is 0.500. The van der Waals surface area contributed by atoms with Gasteiger partial charge in [-0.2, -0.15) is 5.10 Å². The molecule has 2 aromatic rings. The minimum Gasteiger partial charge on any atom is -0.367 e. The van der Waals surface area contributed by atoms with E-state index in [1.807, 2.05) is 0 Å². The van der Waals surface area contributed by atoms with Crippen molar-refractivity contribution in [1.29, 1.82) is 0 Å². The quantitative estimate of drug-likeness (QED) is 0.726. The second-order valence-electron chi connectivity index (χ2n) is 3.94. The van der Waals surface area contributed by atoms with Crippen LogP contribution in [0.3, 0.4) is 0 Å². The van der Waals surface area contributed by atoms with E-state index in [1.54, 1.807) is 12.5 Å². The van der Waals surface area contributed by atoms with Crippen LogP contribution in [0.2, 0.25) is 0 Å². The van der Waals surface area contributed by atoms with Gasteiger partial charge in [0.15, 0.2) is 5.82 Å². The lowest BCUT2D eigenvalue weighted by molar-refractivity contribution is 0.405. The molecular formula is C10H16N6. The predicted octanol–water partition coefficient (Wildman–Crippen LogP) is 0.716. The number of aromatic nitrogens is 4. The average Bonchev–Trinajstić information content (AvgIpc) is 2.72. The standard InChI is InChI=1S/C10H16N6/c1-16(2)5-3-4-11-10-9-8(6-14-15-10)12-7-13-9/h6-7H,3-5H2,1-2H3,(H,11,15)(H,12,13). The van der Waals surface area contributed by atoms with Gasteiger partial charge in [-0.1, -0.05) is 0 Å². The Morgan fingerprint density at radius 3 is 3.12 bits per heavy atom. The first-order valence-electron chi connectivity index (χ1n) is 5.31. The van der Waals surface area contributed by atoms with Gasteiger partial charge in [-0.05, 0) is 27.1 Å². The Kier molecular flexibility index (Phi) is 3.31. The van der Waals surface area contributed by atoms with Crippen LogP contribution in [0.15, 0.2) is 12.5 Å². The molecule has 16 heavy (non-hydrogen) atoms. The zero-order chi connectivity index (χ0) is 11.4. The summed E-state index contributed by atoms with van der Waals surface area (Å²) in [6, 6.07) is 0. The molecular weight excluding hydrogens is 204 g/mol. The Labute approximate surface area is 94.1 Å². The molecule has 0 saturated heterocycles. The van der Waals surface area contributed by atoms with Crippen LogP contribution in [-0.4, -0.2) is 52.3 Å². The Bertz CT molecular complexity index is 449. The van der Waals surface area contributed by atoms with E-state index >= 15 is 0 Å². The minimum atomic E-state index is 0.748. The molecule has 2 N–H and O–H groups in total. The van der Waals surface area contributed by atoms with Crippen molar-refractivity contribution in [3.63, 3.8) is 0 Å². The van der Waals surface area contributed by atoms with Crippen molar-refractivity contribution in [2.24, 2.45) is 0 Å². The Morgan fingerprint density at radius 2 is 2.31 bits per heavy atom. The van der Waals surface area contributed by atoms with Crippen LogP contribution in [0.25, 0.3) is 11.0 Å². The van der Waals surface area contributed by atoms with Crippen LogP contribution in [0.1, 0.15) is 6.42 Å². The number of nitrogens with zero attached hydrogens (tertiary/aromatic N) is 4. The first kappa shape index (κ1) is 10.8. The molecule has 6 nitrogen and oxygen atoms in total. The van der Waals surface area contributed by atoms with Gasteiger partial charge in [-0.3, -0.25) is 0 Å². The molecule has 0 aliphatic carbocycles. The topological polar surface area (TPSA) is 69.7 Å². The van der Waals surface area contributed by atoms with Crippen molar-refractivity contribution in [2.45, 2.75) is 6.42 Å². The molecule has 0 bridgehead atoms. The molecule has 2 heterocycles. The molecule has 0 aliphatic heterocycles. The third kappa shape index (κ3) is 2.46. The van der Waals surface area contributed by atoms with Crippen molar-refractivity contribution in [3.8, 4) is 0 Å². The van der Waals surface area contributed by atoms with Crippen molar-refractivity contribution < 1.29 is 0 Å². The summed E-state index contributed by atoms with van der Waals surface area (Å²) in [5.74, 6) is 0.748. The highest BCUT2D eigenvalue weighted by Gasteiger charge is 2.04. The number of anilines is 1. The summed E-state index contributed by atoms with van der Waals surface area (Å²) >= 11 is 0. The molecule has 0 unspecified atom stereocenters. The van der Waals surface area contributed by atoms with E-state index in [0.717, 1.165) is 36.4 Å². The summed E-state index contributed by atoms with van der Waals surface area (Å²) in [7, 11) is 4.13. The van der Waals surface area contributed by atoms with Gasteiger partial charge in [0, 0.05) is 6.54 Å². The smallest absolute Gasteiger partial charge is 0.176 e. The molecule has 0 spiro atoms. The molecule has 6 heteroatoms. The number of H-pyrrole nitrogens is 1. The van der Waals surface area contributed by atoms with Gasteiger partial charge in [0.25, 0.3) is 0 Å². The van der Waals surface area contributed by atoms with Crippen LogP contribution in [0.5, 0.6) is 0 Å². The molecule has 0 aromatic carbocycles. The minimum absolute atomic E-state index is 0.748. The highest BCUT2D eigenvalue weighted by Crippen LogP contribution is 2.14. The van der Waals surface area contributed by atoms with E-state index in [0.29, 0.717) is 0 Å². The highest BCUT2D eigenvalue weighted by atomic mass is 15.2. The lowest BCUT2D eigenvalue weighted by Gasteiger charge is -2.09. The third-order valence-electron chi connectivity index (χ3n) is 2.31. The van der Waals surface area contributed by atoms with Gasteiger partial charge in [-0.25, -0.2) is 4.98 Å². The summed E-state index contributed by atoms with van der Waals surface area (Å²) in [5.41, 5.74) is 1.75. The number of imidazole rings is 1. The van der Waals surface area contributed by atoms with E-state index in [4.69, 9.17) is 0 Å². The zero-order valence-electron chi connectivity index (χ0n) is 9.56. The Hall–Kier alpha value is -1.69. The molecule has 2 rings (SSSR count). The number of rotatable bonds is 5. The second kappa shape index (κ2) is 4.89. The van der Waals surface area contributed by atoms with Crippen LogP contribution >= 0.6 is 0 Å². The van der Waals surface area contributed by atoms with Crippen molar-refractivity contribution in [3.05, 3.63) is 12.5 Å². The van der Waals surface area contributed by atoms with E-state index in [2.05, 4.69) is 44.5 Å². The number of aromatic amines is 1. The fourth-order valence-corrected chi connectivity index (χ4v) is 1.50. The monoisotopic (exact) mass is 220 g/mol. The van der Waals surface area contributed by atoms with Crippen LogP contribution in [0.4, 0.5) is 5.82 Å². The van der Waals surface area contributed by atoms with Crippen LogP contribution < -0.4 is 5.32 Å². The normalized spacial score (nSPS) is 11.2. The Morgan fingerprint density at radius 1 is 1.44 bits per heavy atom. The number of hydrogen-bond donors (Lipinski definition) is 2. The Balaban J connectivity index is 1.96. The molecule has 2 aromatic heterocycles. The molecule has 0 radical (unpaired) electrons. The third-order valence-corrected chi connectivity index (χ3v) is 2.31. The van der Waals surface area contributed by atoms with Gasteiger partial charge >= 0.3 is 0 Å². The maximum atomic E-state index is 4.20. The molecule has 0 saturated carbocycles. The lowest BCUT2D eigenvalue weighted by Crippen LogP contribution is -2.16. The molecule has 0 aliphatic rings. The van der Waals surface area contributed by atoms with Gasteiger partial charge in [0.2, 0.25) is 0 Å². The van der Waals surface area contributed by atoms with E-state index in [9.17, 15) is 0 Å². The average molecular weight is 220 g/mol. The van der Waals surface area contributed by atoms with Crippen LogP contribution in [-0.2, 0) is 0 Å². The maximum absolute atomic E-state index is 4.20. The lowest BCUT2D eigenvalue weighted by atomic mass is 10.4. The molecule has 0 amide bonds. The number of nitrogens with one attached hydrogen (secondary N) is 2. The van der Waals surface area contributed by atoms with Crippen LogP contribution in [0, 0.1) is 0 Å². The summed E-state index contributed by atoms with van der Waals surface area (Å²) in [6.45, 7) is 1.93. The predicted molar refractivity (Wildman–Crippen MR) is 63.3 cm³/mol. The first-order valence-corrected chi connectivity index (χ1v) is 5.31. The van der Waals surface area contributed by atoms with E-state index in [-0.39, 0.29) is 0 Å². The SMILES string of the molecule is CN(C)CCCNc1nncc2[nH]cnc12. The highest BCUT2D eigenvalue weighted by molar-refractivity contribution is 5.84. The van der Waals surface area contributed by atoms with Crippen molar-refractivity contribution >= 4 is 16.9 Å².